The van der Waals surface area contributed by atoms with Crippen LogP contribution in [0, 0.1) is 0 Å². The van der Waals surface area contributed by atoms with E-state index in [1.54, 1.807) is 23.1 Å². The summed E-state index contributed by atoms with van der Waals surface area (Å²) in [4.78, 5) is 24.8. The third kappa shape index (κ3) is 3.63. The minimum atomic E-state index is -0.332. The van der Waals surface area contributed by atoms with Crippen molar-refractivity contribution in [2.24, 2.45) is 0 Å². The molecule has 1 amide bonds. The Bertz CT molecular complexity index is 999. The van der Waals surface area contributed by atoms with Crippen LogP contribution in [0.1, 0.15) is 38.2 Å². The molecule has 136 valence electrons. The van der Waals surface area contributed by atoms with Crippen molar-refractivity contribution >= 4 is 16.7 Å². The molecule has 0 radical (unpaired) electrons. The van der Waals surface area contributed by atoms with Gasteiger partial charge in [-0.2, -0.15) is 5.10 Å². The fourth-order valence-electron chi connectivity index (χ4n) is 2.56. The molecule has 8 heteroatoms. The van der Waals surface area contributed by atoms with Crippen molar-refractivity contribution < 1.29 is 4.79 Å². The normalized spacial score (nSPS) is 12.9. The monoisotopic (exact) mass is 354 g/mol. The van der Waals surface area contributed by atoms with Gasteiger partial charge in [0, 0.05) is 11.4 Å². The molecule has 0 aliphatic rings. The van der Waals surface area contributed by atoms with Crippen LogP contribution in [-0.4, -0.2) is 36.7 Å². The molecule has 2 heterocycles. The second-order valence-electron chi connectivity index (χ2n) is 7.31. The minimum Gasteiger partial charge on any atom is -0.346 e. The number of aromatic nitrogens is 5. The van der Waals surface area contributed by atoms with Gasteiger partial charge in [-0.15, -0.1) is 5.10 Å². The van der Waals surface area contributed by atoms with E-state index >= 15 is 0 Å². The second kappa shape index (κ2) is 6.70. The first-order valence-corrected chi connectivity index (χ1v) is 8.44. The zero-order valence-electron chi connectivity index (χ0n) is 15.3. The lowest BCUT2D eigenvalue weighted by Crippen LogP contribution is -2.39. The summed E-state index contributed by atoms with van der Waals surface area (Å²) in [6.07, 6.45) is 3.27. The molecule has 0 saturated heterocycles. The van der Waals surface area contributed by atoms with E-state index in [2.05, 4.69) is 20.7 Å². The van der Waals surface area contributed by atoms with Gasteiger partial charge in [0.05, 0.1) is 29.9 Å². The van der Waals surface area contributed by atoms with Crippen molar-refractivity contribution in [3.8, 4) is 0 Å². The molecule has 0 spiro atoms. The number of fused-ring (bicyclic) bond motifs is 1. The molecule has 0 fully saturated rings. The predicted octanol–water partition coefficient (Wildman–Crippen LogP) is 1.56. The summed E-state index contributed by atoms with van der Waals surface area (Å²) < 4.78 is 3.00. The molecular formula is C18H22N6O2. The maximum atomic E-state index is 12.5. The highest BCUT2D eigenvalue weighted by atomic mass is 16.2. The van der Waals surface area contributed by atoms with E-state index in [4.69, 9.17) is 0 Å². The van der Waals surface area contributed by atoms with Gasteiger partial charge in [-0.3, -0.25) is 9.59 Å². The van der Waals surface area contributed by atoms with E-state index in [9.17, 15) is 9.59 Å². The summed E-state index contributed by atoms with van der Waals surface area (Å²) in [6, 6.07) is 7.00. The van der Waals surface area contributed by atoms with Crippen molar-refractivity contribution in [2.45, 2.75) is 45.8 Å². The number of benzene rings is 1. The Morgan fingerprint density at radius 3 is 2.69 bits per heavy atom. The Labute approximate surface area is 150 Å². The first-order valence-electron chi connectivity index (χ1n) is 8.44. The summed E-state index contributed by atoms with van der Waals surface area (Å²) >= 11 is 0. The minimum absolute atomic E-state index is 0.178. The third-order valence-corrected chi connectivity index (χ3v) is 4.00. The molecule has 1 atom stereocenters. The lowest BCUT2D eigenvalue weighted by Gasteiger charge is -2.17. The largest absolute Gasteiger partial charge is 0.346 e. The van der Waals surface area contributed by atoms with Crippen molar-refractivity contribution in [3.63, 3.8) is 0 Å². The molecule has 0 bridgehead atoms. The molecule has 1 aromatic carbocycles. The van der Waals surface area contributed by atoms with E-state index in [1.165, 1.54) is 4.68 Å². The van der Waals surface area contributed by atoms with Crippen LogP contribution in [0.3, 0.4) is 0 Å². The highest BCUT2D eigenvalue weighted by molar-refractivity contribution is 5.92. The Kier molecular flexibility index (Phi) is 4.58. The molecular weight excluding hydrogens is 332 g/mol. The third-order valence-electron chi connectivity index (χ3n) is 4.00. The molecule has 26 heavy (non-hydrogen) atoms. The molecule has 8 nitrogen and oxygen atoms in total. The molecule has 1 unspecified atom stereocenters. The number of rotatable bonds is 4. The fraction of sp³-hybridized carbons (Fsp3) is 0.389. The summed E-state index contributed by atoms with van der Waals surface area (Å²) in [6.45, 7) is 8.01. The van der Waals surface area contributed by atoms with Crippen LogP contribution in [0.5, 0.6) is 0 Å². The van der Waals surface area contributed by atoms with Gasteiger partial charge in [0.1, 0.15) is 0 Å². The van der Waals surface area contributed by atoms with Gasteiger partial charge in [-0.1, -0.05) is 23.4 Å². The van der Waals surface area contributed by atoms with Crippen LogP contribution in [0.15, 0.2) is 41.5 Å². The predicted molar refractivity (Wildman–Crippen MR) is 97.9 cm³/mol. The van der Waals surface area contributed by atoms with Crippen LogP contribution < -0.4 is 10.9 Å². The maximum absolute atomic E-state index is 12.5. The van der Waals surface area contributed by atoms with E-state index < -0.39 is 0 Å². The van der Waals surface area contributed by atoms with Gasteiger partial charge < -0.3 is 5.32 Å². The zero-order chi connectivity index (χ0) is 18.9. The Morgan fingerprint density at radius 2 is 2.00 bits per heavy atom. The van der Waals surface area contributed by atoms with Crippen LogP contribution in [-0.2, 0) is 12.1 Å². The highest BCUT2D eigenvalue weighted by Crippen LogP contribution is 2.12. The lowest BCUT2D eigenvalue weighted by atomic mass is 10.1. The lowest BCUT2D eigenvalue weighted by molar-refractivity contribution is 0.0930. The number of hydrogen-bond acceptors (Lipinski definition) is 5. The molecule has 1 N–H and O–H groups in total. The number of carbonyl (C=O) groups excluding carboxylic acids is 1. The van der Waals surface area contributed by atoms with E-state index in [0.29, 0.717) is 5.39 Å². The smallest absolute Gasteiger partial charge is 0.274 e. The first kappa shape index (κ1) is 17.8. The van der Waals surface area contributed by atoms with Crippen molar-refractivity contribution in [1.82, 2.24) is 30.1 Å². The highest BCUT2D eigenvalue weighted by Gasteiger charge is 2.19. The summed E-state index contributed by atoms with van der Waals surface area (Å²) in [5.41, 5.74) is -0.187. The molecule has 0 saturated carbocycles. The Morgan fingerprint density at radius 1 is 1.27 bits per heavy atom. The molecule has 0 aliphatic carbocycles. The van der Waals surface area contributed by atoms with Crippen molar-refractivity contribution in [2.75, 3.05) is 0 Å². The van der Waals surface area contributed by atoms with Crippen LogP contribution in [0.25, 0.3) is 10.8 Å². The number of nitrogens with zero attached hydrogens (tertiary/aromatic N) is 5. The summed E-state index contributed by atoms with van der Waals surface area (Å²) in [5.74, 6) is -0.332. The van der Waals surface area contributed by atoms with E-state index in [-0.39, 0.29) is 35.3 Å². The van der Waals surface area contributed by atoms with Crippen molar-refractivity contribution in [1.29, 1.82) is 0 Å². The number of nitrogens with one attached hydrogen (secondary N) is 1. The van der Waals surface area contributed by atoms with Crippen LogP contribution in [0.4, 0.5) is 0 Å². The molecule has 2 aromatic heterocycles. The quantitative estimate of drug-likeness (QED) is 0.767. The number of carbonyl (C=O) groups is 1. The van der Waals surface area contributed by atoms with Crippen LogP contribution >= 0.6 is 0 Å². The van der Waals surface area contributed by atoms with Crippen LogP contribution in [0.2, 0.25) is 0 Å². The Balaban J connectivity index is 1.72. The van der Waals surface area contributed by atoms with Gasteiger partial charge in [-0.05, 0) is 33.8 Å². The number of amides is 1. The summed E-state index contributed by atoms with van der Waals surface area (Å²) in [5, 5.41) is 16.3. The van der Waals surface area contributed by atoms with E-state index in [1.807, 2.05) is 45.9 Å². The fourth-order valence-corrected chi connectivity index (χ4v) is 2.56. The standard InChI is InChI=1S/C18H22N6O2/c1-12(20-16(25)15-11-24(22-21-15)18(2,3)4)10-23-17(26)14-8-6-5-7-13(14)9-19-23/h5-9,11-12H,10H2,1-4H3,(H,20,25). The SMILES string of the molecule is CC(Cn1ncc2ccccc2c1=O)NC(=O)c1cn(C(C)(C)C)nn1. The summed E-state index contributed by atoms with van der Waals surface area (Å²) in [7, 11) is 0. The van der Waals surface area contributed by atoms with Gasteiger partial charge >= 0.3 is 0 Å². The van der Waals surface area contributed by atoms with Crippen molar-refractivity contribution in [3.05, 3.63) is 52.7 Å². The second-order valence-corrected chi connectivity index (χ2v) is 7.31. The zero-order valence-corrected chi connectivity index (χ0v) is 15.3. The van der Waals surface area contributed by atoms with Gasteiger partial charge in [0.15, 0.2) is 5.69 Å². The average Bonchev–Trinajstić information content (AvgIpc) is 3.08. The molecule has 3 rings (SSSR count). The topological polar surface area (TPSA) is 94.7 Å². The number of hydrogen-bond donors (Lipinski definition) is 1. The first-order chi connectivity index (χ1) is 12.3. The van der Waals surface area contributed by atoms with Gasteiger partial charge in [-0.25, -0.2) is 9.36 Å². The van der Waals surface area contributed by atoms with E-state index in [0.717, 1.165) is 5.39 Å². The molecule has 3 aromatic rings. The Hall–Kier alpha value is -3.03. The van der Waals surface area contributed by atoms with Gasteiger partial charge in [0.25, 0.3) is 11.5 Å². The van der Waals surface area contributed by atoms with Gasteiger partial charge in [0.2, 0.25) is 0 Å². The maximum Gasteiger partial charge on any atom is 0.274 e. The average molecular weight is 354 g/mol. The molecule has 0 aliphatic heterocycles.